The molecule has 0 aromatic heterocycles. The Morgan fingerprint density at radius 2 is 1.15 bits per heavy atom. The van der Waals surface area contributed by atoms with E-state index in [4.69, 9.17) is 0 Å². The van der Waals surface area contributed by atoms with Crippen LogP contribution in [0.4, 0.5) is 0 Å². The molecule has 0 bridgehead atoms. The van der Waals surface area contributed by atoms with Crippen molar-refractivity contribution in [3.63, 3.8) is 0 Å². The molecule has 0 saturated carbocycles. The van der Waals surface area contributed by atoms with E-state index in [-0.39, 0.29) is 0 Å². The lowest BCUT2D eigenvalue weighted by Gasteiger charge is -2.23. The molecule has 20 heavy (non-hydrogen) atoms. The molecule has 0 aromatic rings. The molecule has 2 unspecified atom stereocenters. The van der Waals surface area contributed by atoms with E-state index in [1.807, 2.05) is 0 Å². The molecule has 0 radical (unpaired) electrons. The molecule has 0 spiro atoms. The molecule has 0 aliphatic heterocycles. The Morgan fingerprint density at radius 3 is 1.65 bits per heavy atom. The average Bonchev–Trinajstić information content (AvgIpc) is 2.40. The molecule has 0 rings (SSSR count). The van der Waals surface area contributed by atoms with Crippen LogP contribution in [0.2, 0.25) is 0 Å². The molecule has 1 N–H and O–H groups in total. The Labute approximate surface area is 128 Å². The Balaban J connectivity index is 3.85. The van der Waals surface area contributed by atoms with Gasteiger partial charge in [-0.25, -0.2) is 0 Å². The van der Waals surface area contributed by atoms with Gasteiger partial charge in [-0.15, -0.1) is 0 Å². The summed E-state index contributed by atoms with van der Waals surface area (Å²) in [5.74, 6) is 2.83. The topological polar surface area (TPSA) is 20.2 Å². The van der Waals surface area contributed by atoms with E-state index >= 15 is 0 Å². The van der Waals surface area contributed by atoms with Crippen LogP contribution in [0.15, 0.2) is 0 Å². The van der Waals surface area contributed by atoms with Crippen LogP contribution in [-0.2, 0) is 0 Å². The van der Waals surface area contributed by atoms with Gasteiger partial charge in [-0.05, 0) is 30.1 Å². The fourth-order valence-corrected chi connectivity index (χ4v) is 3.10. The lowest BCUT2D eigenvalue weighted by Crippen LogP contribution is -2.15. The second kappa shape index (κ2) is 12.7. The summed E-state index contributed by atoms with van der Waals surface area (Å²) in [5, 5.41) is 9.39. The van der Waals surface area contributed by atoms with Gasteiger partial charge in [-0.2, -0.15) is 0 Å². The summed E-state index contributed by atoms with van der Waals surface area (Å²) >= 11 is 0. The minimum atomic E-state index is 0.362. The van der Waals surface area contributed by atoms with Gasteiger partial charge in [0.15, 0.2) is 0 Å². The van der Waals surface area contributed by atoms with Gasteiger partial charge in [-0.3, -0.25) is 0 Å². The molecule has 0 aliphatic rings. The van der Waals surface area contributed by atoms with Gasteiger partial charge in [0, 0.05) is 6.61 Å². The van der Waals surface area contributed by atoms with Crippen LogP contribution in [0.3, 0.4) is 0 Å². The minimum absolute atomic E-state index is 0.362. The molecule has 1 heteroatoms. The molecular weight excluding hydrogens is 244 g/mol. The molecule has 0 fully saturated rings. The number of hydrogen-bond acceptors (Lipinski definition) is 1. The van der Waals surface area contributed by atoms with Crippen LogP contribution in [-0.4, -0.2) is 11.7 Å². The van der Waals surface area contributed by atoms with Gasteiger partial charge >= 0.3 is 0 Å². The van der Waals surface area contributed by atoms with E-state index in [0.29, 0.717) is 18.4 Å². The van der Waals surface area contributed by atoms with E-state index < -0.39 is 0 Å². The maximum atomic E-state index is 9.39. The van der Waals surface area contributed by atoms with Gasteiger partial charge < -0.3 is 5.11 Å². The van der Waals surface area contributed by atoms with Gasteiger partial charge in [0.05, 0.1) is 0 Å². The van der Waals surface area contributed by atoms with Crippen molar-refractivity contribution in [3.05, 3.63) is 0 Å². The molecule has 0 saturated heterocycles. The van der Waals surface area contributed by atoms with E-state index in [0.717, 1.165) is 11.8 Å². The fraction of sp³-hybridized carbons (Fsp3) is 1.00. The van der Waals surface area contributed by atoms with E-state index in [1.54, 1.807) is 0 Å². The first-order chi connectivity index (χ1) is 9.52. The van der Waals surface area contributed by atoms with Gasteiger partial charge in [0.1, 0.15) is 0 Å². The highest BCUT2D eigenvalue weighted by molar-refractivity contribution is 4.67. The second-order valence-electron chi connectivity index (χ2n) is 7.32. The number of unbranched alkanes of at least 4 members (excludes halogenated alkanes) is 4. The third kappa shape index (κ3) is 9.80. The summed E-state index contributed by atoms with van der Waals surface area (Å²) in [6, 6.07) is 0. The van der Waals surface area contributed by atoms with Crippen molar-refractivity contribution in [1.29, 1.82) is 0 Å². The average molecular weight is 285 g/mol. The maximum Gasteiger partial charge on any atom is 0.0461 e. The van der Waals surface area contributed by atoms with Crippen LogP contribution in [0.25, 0.3) is 0 Å². The van der Waals surface area contributed by atoms with Crippen molar-refractivity contribution in [3.8, 4) is 0 Å². The van der Waals surface area contributed by atoms with Crippen LogP contribution >= 0.6 is 0 Å². The third-order valence-corrected chi connectivity index (χ3v) is 4.95. The Morgan fingerprint density at radius 1 is 0.650 bits per heavy atom. The minimum Gasteiger partial charge on any atom is -0.396 e. The van der Waals surface area contributed by atoms with Gasteiger partial charge in [-0.1, -0.05) is 86.0 Å². The first kappa shape index (κ1) is 20.0. The van der Waals surface area contributed by atoms with E-state index in [2.05, 4.69) is 34.6 Å². The molecule has 2 atom stereocenters. The SMILES string of the molecule is CCCCCCCC(CCCC(CO)C(C)C)C(C)C. The van der Waals surface area contributed by atoms with E-state index in [1.165, 1.54) is 57.8 Å². The molecule has 0 heterocycles. The summed E-state index contributed by atoms with van der Waals surface area (Å²) < 4.78 is 0. The third-order valence-electron chi connectivity index (χ3n) is 4.95. The fourth-order valence-electron chi connectivity index (χ4n) is 3.10. The standard InChI is InChI=1S/C19H40O/c1-6-7-8-9-10-12-18(16(2)3)13-11-14-19(15-20)17(4)5/h16-20H,6-15H2,1-5H3. The highest BCUT2D eigenvalue weighted by atomic mass is 16.3. The Bertz CT molecular complexity index is 198. The highest BCUT2D eigenvalue weighted by Crippen LogP contribution is 2.27. The smallest absolute Gasteiger partial charge is 0.0461 e. The largest absolute Gasteiger partial charge is 0.396 e. The van der Waals surface area contributed by atoms with Crippen molar-refractivity contribution in [1.82, 2.24) is 0 Å². The number of aliphatic hydroxyl groups excluding tert-OH is 1. The zero-order chi connectivity index (χ0) is 15.4. The molecule has 0 aliphatic carbocycles. The predicted octanol–water partition coefficient (Wildman–Crippen LogP) is 6.05. The maximum absolute atomic E-state index is 9.39. The van der Waals surface area contributed by atoms with Crippen molar-refractivity contribution in [2.75, 3.05) is 6.61 Å². The van der Waals surface area contributed by atoms with Crippen molar-refractivity contribution in [2.45, 2.75) is 92.4 Å². The zero-order valence-electron chi connectivity index (χ0n) is 14.8. The lowest BCUT2D eigenvalue weighted by atomic mass is 9.83. The Kier molecular flexibility index (Phi) is 12.7. The van der Waals surface area contributed by atoms with Crippen LogP contribution < -0.4 is 0 Å². The highest BCUT2D eigenvalue weighted by Gasteiger charge is 2.16. The van der Waals surface area contributed by atoms with Gasteiger partial charge in [0.25, 0.3) is 0 Å². The summed E-state index contributed by atoms with van der Waals surface area (Å²) in [6.07, 6.45) is 12.3. The summed E-state index contributed by atoms with van der Waals surface area (Å²) in [4.78, 5) is 0. The van der Waals surface area contributed by atoms with Crippen molar-refractivity contribution in [2.24, 2.45) is 23.7 Å². The first-order valence-corrected chi connectivity index (χ1v) is 9.13. The predicted molar refractivity (Wildman–Crippen MR) is 91.0 cm³/mol. The second-order valence-corrected chi connectivity index (χ2v) is 7.32. The summed E-state index contributed by atoms with van der Waals surface area (Å²) in [7, 11) is 0. The van der Waals surface area contributed by atoms with Crippen LogP contribution in [0.5, 0.6) is 0 Å². The Hall–Kier alpha value is -0.0400. The molecule has 1 nitrogen and oxygen atoms in total. The molecule has 0 aromatic carbocycles. The van der Waals surface area contributed by atoms with Crippen molar-refractivity contribution < 1.29 is 5.11 Å². The number of hydrogen-bond donors (Lipinski definition) is 1. The number of aliphatic hydroxyl groups is 1. The zero-order valence-corrected chi connectivity index (χ0v) is 14.8. The van der Waals surface area contributed by atoms with Crippen molar-refractivity contribution >= 4 is 0 Å². The lowest BCUT2D eigenvalue weighted by molar-refractivity contribution is 0.173. The van der Waals surface area contributed by atoms with E-state index in [9.17, 15) is 5.11 Å². The van der Waals surface area contributed by atoms with Crippen LogP contribution in [0.1, 0.15) is 92.4 Å². The summed E-state index contributed by atoms with van der Waals surface area (Å²) in [5.41, 5.74) is 0. The normalized spacial score (nSPS) is 15.0. The molecule has 122 valence electrons. The summed E-state index contributed by atoms with van der Waals surface area (Å²) in [6.45, 7) is 11.9. The molecule has 0 amide bonds. The van der Waals surface area contributed by atoms with Crippen LogP contribution in [0, 0.1) is 23.7 Å². The quantitative estimate of drug-likeness (QED) is 0.408. The first-order valence-electron chi connectivity index (χ1n) is 9.13. The number of rotatable bonds is 13. The molecular formula is C19H40O. The monoisotopic (exact) mass is 284 g/mol. The van der Waals surface area contributed by atoms with Gasteiger partial charge in [0.2, 0.25) is 0 Å².